The van der Waals surface area contributed by atoms with Gasteiger partial charge in [-0.05, 0) is 17.7 Å². The molecule has 0 spiro atoms. The maximum Gasteiger partial charge on any atom is 0.229 e. The zero-order valence-electron chi connectivity index (χ0n) is 14.9. The molecule has 2 aliphatic rings. The van der Waals surface area contributed by atoms with Crippen LogP contribution in [0.4, 0.5) is 4.39 Å². The smallest absolute Gasteiger partial charge is 0.229 e. The number of benzene rings is 2. The fourth-order valence-electron chi connectivity index (χ4n) is 3.64. The Hall–Kier alpha value is -2.33. The Bertz CT molecular complexity index is 969. The number of fused-ring (bicyclic) bond motifs is 1. The molecule has 0 aromatic heterocycles. The lowest BCUT2D eigenvalue weighted by Gasteiger charge is -2.41. The first-order chi connectivity index (χ1) is 13.6. The number of nitriles is 1. The van der Waals surface area contributed by atoms with Gasteiger partial charge >= 0.3 is 0 Å². The van der Waals surface area contributed by atoms with E-state index in [0.29, 0.717) is 23.1 Å². The third-order valence-corrected chi connectivity index (χ3v) is 6.48. The number of carbonyl (C=O) groups excluding carboxylic acids is 1. The van der Waals surface area contributed by atoms with Crippen LogP contribution >= 0.6 is 23.4 Å². The van der Waals surface area contributed by atoms with E-state index in [2.05, 4.69) is 11.0 Å². The van der Waals surface area contributed by atoms with Gasteiger partial charge in [0.1, 0.15) is 5.82 Å². The van der Waals surface area contributed by atoms with Gasteiger partial charge in [0.05, 0.1) is 29.2 Å². The summed E-state index contributed by atoms with van der Waals surface area (Å²) < 4.78 is 14.4. The number of nitrogens with zero attached hydrogens (tertiary/aromatic N) is 3. The summed E-state index contributed by atoms with van der Waals surface area (Å²) in [5.41, 5.74) is 1.81. The lowest BCUT2D eigenvalue weighted by molar-refractivity contribution is -0.131. The predicted octanol–water partition coefficient (Wildman–Crippen LogP) is 4.69. The van der Waals surface area contributed by atoms with E-state index in [0.717, 1.165) is 12.1 Å². The van der Waals surface area contributed by atoms with E-state index in [9.17, 15) is 14.4 Å². The van der Waals surface area contributed by atoms with Crippen LogP contribution in [0.2, 0.25) is 5.02 Å². The highest BCUT2D eigenvalue weighted by atomic mass is 35.5. The Labute approximate surface area is 172 Å². The Kier molecular flexibility index (Phi) is 5.40. The minimum absolute atomic E-state index is 0.0345. The SMILES string of the molecule is N#CC1=C2SCN(Cc3ccccc3)CN2C(=O)CC1c1c(F)cccc1Cl. The third kappa shape index (κ3) is 3.53. The topological polar surface area (TPSA) is 47.3 Å². The lowest BCUT2D eigenvalue weighted by atomic mass is 9.86. The molecule has 2 heterocycles. The fraction of sp³-hybridized carbons (Fsp3) is 0.238. The van der Waals surface area contributed by atoms with Gasteiger partial charge in [-0.3, -0.25) is 14.6 Å². The standard InChI is InChI=1S/C21H17ClFN3OS/c22-17-7-4-8-18(23)20(17)15-9-19(27)26-12-25(11-14-5-2-1-3-6-14)13-28-21(26)16(15)10-24/h1-8,15H,9,11-13H2. The van der Waals surface area contributed by atoms with E-state index in [4.69, 9.17) is 11.6 Å². The highest BCUT2D eigenvalue weighted by Gasteiger charge is 2.39. The molecule has 142 valence electrons. The first-order valence-corrected chi connectivity index (χ1v) is 10.2. The van der Waals surface area contributed by atoms with Crippen LogP contribution in [0.25, 0.3) is 0 Å². The van der Waals surface area contributed by atoms with Gasteiger partial charge in [-0.1, -0.05) is 59.8 Å². The second kappa shape index (κ2) is 7.96. The van der Waals surface area contributed by atoms with E-state index in [1.807, 2.05) is 30.3 Å². The summed E-state index contributed by atoms with van der Waals surface area (Å²) >= 11 is 7.65. The summed E-state index contributed by atoms with van der Waals surface area (Å²) in [5, 5.41) is 10.7. The number of rotatable bonds is 3. The molecule has 0 radical (unpaired) electrons. The van der Waals surface area contributed by atoms with Crippen molar-refractivity contribution < 1.29 is 9.18 Å². The molecule has 1 amide bonds. The summed E-state index contributed by atoms with van der Waals surface area (Å²) in [6, 6.07) is 16.7. The number of thioether (sulfide) groups is 1. The van der Waals surface area contributed by atoms with Crippen LogP contribution in [0.5, 0.6) is 0 Å². The third-order valence-electron chi connectivity index (χ3n) is 4.95. The zero-order chi connectivity index (χ0) is 19.7. The molecule has 0 bridgehead atoms. The maximum absolute atomic E-state index is 14.4. The van der Waals surface area contributed by atoms with E-state index in [-0.39, 0.29) is 22.9 Å². The second-order valence-electron chi connectivity index (χ2n) is 6.77. The van der Waals surface area contributed by atoms with Crippen molar-refractivity contribution in [2.45, 2.75) is 18.9 Å². The van der Waals surface area contributed by atoms with Crippen LogP contribution < -0.4 is 0 Å². The van der Waals surface area contributed by atoms with Crippen LogP contribution in [-0.2, 0) is 11.3 Å². The normalized spacial score (nSPS) is 20.1. The summed E-state index contributed by atoms with van der Waals surface area (Å²) in [5.74, 6) is -0.607. The van der Waals surface area contributed by atoms with Gasteiger partial charge in [0.15, 0.2) is 0 Å². The monoisotopic (exact) mass is 413 g/mol. The molecule has 0 aliphatic carbocycles. The molecule has 2 aromatic carbocycles. The molecule has 4 rings (SSSR count). The number of amides is 1. The lowest BCUT2D eigenvalue weighted by Crippen LogP contribution is -2.47. The van der Waals surface area contributed by atoms with Gasteiger partial charge in [-0.15, -0.1) is 0 Å². The van der Waals surface area contributed by atoms with Crippen molar-refractivity contribution >= 4 is 29.3 Å². The van der Waals surface area contributed by atoms with Crippen molar-refractivity contribution in [3.63, 3.8) is 0 Å². The molecule has 28 heavy (non-hydrogen) atoms. The average Bonchev–Trinajstić information content (AvgIpc) is 2.69. The van der Waals surface area contributed by atoms with E-state index >= 15 is 0 Å². The van der Waals surface area contributed by atoms with Crippen LogP contribution in [0.15, 0.2) is 59.1 Å². The first kappa shape index (κ1) is 19.0. The van der Waals surface area contributed by atoms with Crippen molar-refractivity contribution in [2.24, 2.45) is 0 Å². The van der Waals surface area contributed by atoms with Crippen molar-refractivity contribution in [1.82, 2.24) is 9.80 Å². The fourth-order valence-corrected chi connectivity index (χ4v) is 5.07. The first-order valence-electron chi connectivity index (χ1n) is 8.86. The second-order valence-corrected chi connectivity index (χ2v) is 8.11. The molecular weight excluding hydrogens is 397 g/mol. The highest BCUT2D eigenvalue weighted by molar-refractivity contribution is 8.03. The summed E-state index contributed by atoms with van der Waals surface area (Å²) in [6.07, 6.45) is 0.0345. The molecule has 1 fully saturated rings. The van der Waals surface area contributed by atoms with Gasteiger partial charge < -0.3 is 0 Å². The number of carbonyl (C=O) groups is 1. The quantitative estimate of drug-likeness (QED) is 0.732. The summed E-state index contributed by atoms with van der Waals surface area (Å²) in [7, 11) is 0. The Morgan fingerprint density at radius 2 is 2.00 bits per heavy atom. The van der Waals surface area contributed by atoms with Crippen LogP contribution in [0, 0.1) is 17.1 Å². The number of allylic oxidation sites excluding steroid dienone is 1. The Balaban J connectivity index is 1.64. The molecule has 2 aliphatic heterocycles. The van der Waals surface area contributed by atoms with Crippen molar-refractivity contribution in [3.05, 3.63) is 81.1 Å². The molecule has 2 aromatic rings. The Morgan fingerprint density at radius 1 is 1.21 bits per heavy atom. The molecule has 0 N–H and O–H groups in total. The van der Waals surface area contributed by atoms with Crippen LogP contribution in [0.3, 0.4) is 0 Å². The van der Waals surface area contributed by atoms with Crippen molar-refractivity contribution in [1.29, 1.82) is 5.26 Å². The van der Waals surface area contributed by atoms with E-state index in [1.165, 1.54) is 23.9 Å². The number of halogens is 2. The Morgan fingerprint density at radius 3 is 2.71 bits per heavy atom. The summed E-state index contributed by atoms with van der Waals surface area (Å²) in [4.78, 5) is 16.7. The van der Waals surface area contributed by atoms with Gasteiger partial charge in [0.25, 0.3) is 0 Å². The molecule has 1 atom stereocenters. The molecule has 0 saturated carbocycles. The van der Waals surface area contributed by atoms with E-state index < -0.39 is 11.7 Å². The van der Waals surface area contributed by atoms with Crippen LogP contribution in [0.1, 0.15) is 23.5 Å². The maximum atomic E-state index is 14.4. The summed E-state index contributed by atoms with van der Waals surface area (Å²) in [6.45, 7) is 1.13. The van der Waals surface area contributed by atoms with E-state index in [1.54, 1.807) is 11.0 Å². The van der Waals surface area contributed by atoms with Gasteiger partial charge in [-0.25, -0.2) is 4.39 Å². The molecule has 7 heteroatoms. The molecule has 1 unspecified atom stereocenters. The molecule has 4 nitrogen and oxygen atoms in total. The van der Waals surface area contributed by atoms with Crippen LogP contribution in [-0.4, -0.2) is 28.3 Å². The molecule has 1 saturated heterocycles. The van der Waals surface area contributed by atoms with Gasteiger partial charge in [0.2, 0.25) is 5.91 Å². The predicted molar refractivity (Wildman–Crippen MR) is 108 cm³/mol. The largest absolute Gasteiger partial charge is 0.292 e. The highest BCUT2D eigenvalue weighted by Crippen LogP contribution is 2.44. The van der Waals surface area contributed by atoms with Crippen molar-refractivity contribution in [2.75, 3.05) is 12.5 Å². The van der Waals surface area contributed by atoms with Crippen molar-refractivity contribution in [3.8, 4) is 6.07 Å². The number of hydrogen-bond acceptors (Lipinski definition) is 4. The average molecular weight is 414 g/mol. The minimum atomic E-state index is -0.648. The van der Waals surface area contributed by atoms with Gasteiger partial charge in [-0.2, -0.15) is 5.26 Å². The van der Waals surface area contributed by atoms with Gasteiger partial charge in [0, 0.05) is 29.5 Å². The zero-order valence-corrected chi connectivity index (χ0v) is 16.5. The number of hydrogen-bond donors (Lipinski definition) is 0. The molecular formula is C21H17ClFN3OS. The minimum Gasteiger partial charge on any atom is -0.292 e.